The first kappa shape index (κ1) is 20.4. The lowest BCUT2D eigenvalue weighted by atomic mass is 10.0. The fourth-order valence-electron chi connectivity index (χ4n) is 2.23. The molecule has 0 aromatic heterocycles. The van der Waals surface area contributed by atoms with Crippen LogP contribution in [0.1, 0.15) is 31.9 Å². The molecule has 0 bridgehead atoms. The quantitative estimate of drug-likeness (QED) is 0.723. The molecule has 0 saturated carbocycles. The van der Waals surface area contributed by atoms with E-state index < -0.39 is 24.7 Å². The highest BCUT2D eigenvalue weighted by atomic mass is 19.4. The Morgan fingerprint density at radius 1 is 1.21 bits per heavy atom. The lowest BCUT2D eigenvalue weighted by molar-refractivity contribution is -0.133. The van der Waals surface area contributed by atoms with Crippen LogP contribution >= 0.6 is 0 Å². The van der Waals surface area contributed by atoms with E-state index in [1.165, 1.54) is 0 Å². The monoisotopic (exact) mass is 346 g/mol. The average Bonchev–Trinajstić information content (AvgIpc) is 2.50. The minimum atomic E-state index is -4.35. The van der Waals surface area contributed by atoms with Crippen molar-refractivity contribution in [3.05, 3.63) is 35.4 Å². The van der Waals surface area contributed by atoms with Crippen molar-refractivity contribution < 1.29 is 22.7 Å². The molecule has 0 saturated heterocycles. The molecular formula is C17H25F3N2O2. The van der Waals surface area contributed by atoms with E-state index in [-0.39, 0.29) is 12.5 Å². The summed E-state index contributed by atoms with van der Waals surface area (Å²) in [6.45, 7) is 5.38. The molecule has 1 rings (SSSR count). The Hall–Kier alpha value is -1.60. The third kappa shape index (κ3) is 7.31. The molecule has 0 unspecified atom stereocenters. The summed E-state index contributed by atoms with van der Waals surface area (Å²) in [6, 6.07) is 6.59. The molecule has 4 nitrogen and oxygen atoms in total. The van der Waals surface area contributed by atoms with Gasteiger partial charge in [-0.3, -0.25) is 10.1 Å². The van der Waals surface area contributed by atoms with Crippen LogP contribution in [0.5, 0.6) is 0 Å². The molecule has 0 heterocycles. The Morgan fingerprint density at radius 2 is 1.83 bits per heavy atom. The van der Waals surface area contributed by atoms with E-state index in [1.54, 1.807) is 13.8 Å². The first-order valence-electron chi connectivity index (χ1n) is 7.97. The highest BCUT2D eigenvalue weighted by Gasteiger charge is 2.31. The van der Waals surface area contributed by atoms with Crippen molar-refractivity contribution in [2.24, 2.45) is 5.92 Å². The van der Waals surface area contributed by atoms with E-state index in [2.05, 4.69) is 10.6 Å². The number of ether oxygens (including phenoxy) is 1. The Kier molecular flexibility index (Phi) is 8.21. The average molecular weight is 346 g/mol. The molecule has 1 atom stereocenters. The molecule has 1 amide bonds. The number of amides is 1. The Labute approximate surface area is 140 Å². The zero-order chi connectivity index (χ0) is 18.2. The SMILES string of the molecule is CCOCc1ccccc1CNC(=O)[C@@H](NCC(F)(F)F)C(C)C. The summed E-state index contributed by atoms with van der Waals surface area (Å²) in [6.07, 6.45) is -4.35. The molecule has 7 heteroatoms. The maximum Gasteiger partial charge on any atom is 0.401 e. The van der Waals surface area contributed by atoms with E-state index in [0.717, 1.165) is 11.1 Å². The van der Waals surface area contributed by atoms with E-state index in [1.807, 2.05) is 31.2 Å². The van der Waals surface area contributed by atoms with Gasteiger partial charge < -0.3 is 10.1 Å². The van der Waals surface area contributed by atoms with Crippen LogP contribution in [-0.4, -0.2) is 31.3 Å². The number of nitrogens with one attached hydrogen (secondary N) is 2. The van der Waals surface area contributed by atoms with E-state index in [0.29, 0.717) is 13.2 Å². The molecule has 0 aliphatic rings. The van der Waals surface area contributed by atoms with Crippen molar-refractivity contribution in [1.29, 1.82) is 0 Å². The van der Waals surface area contributed by atoms with Gasteiger partial charge in [0.1, 0.15) is 0 Å². The smallest absolute Gasteiger partial charge is 0.377 e. The number of carbonyl (C=O) groups is 1. The van der Waals surface area contributed by atoms with Gasteiger partial charge in [-0.2, -0.15) is 13.2 Å². The Bertz CT molecular complexity index is 519. The van der Waals surface area contributed by atoms with Crippen molar-refractivity contribution in [2.45, 2.75) is 46.1 Å². The van der Waals surface area contributed by atoms with Crippen molar-refractivity contribution in [3.8, 4) is 0 Å². The summed E-state index contributed by atoms with van der Waals surface area (Å²) in [5.41, 5.74) is 1.83. The van der Waals surface area contributed by atoms with Crippen molar-refractivity contribution in [3.63, 3.8) is 0 Å². The maximum absolute atomic E-state index is 12.4. The predicted molar refractivity (Wildman–Crippen MR) is 86.3 cm³/mol. The van der Waals surface area contributed by atoms with Crippen LogP contribution in [0.2, 0.25) is 0 Å². The van der Waals surface area contributed by atoms with Crippen LogP contribution in [0.25, 0.3) is 0 Å². The van der Waals surface area contributed by atoms with Crippen LogP contribution in [0.15, 0.2) is 24.3 Å². The van der Waals surface area contributed by atoms with Crippen molar-refractivity contribution in [2.75, 3.05) is 13.2 Å². The van der Waals surface area contributed by atoms with Gasteiger partial charge in [-0.25, -0.2) is 0 Å². The summed E-state index contributed by atoms with van der Waals surface area (Å²) in [4.78, 5) is 12.2. The molecule has 24 heavy (non-hydrogen) atoms. The van der Waals surface area contributed by atoms with E-state index in [9.17, 15) is 18.0 Å². The molecule has 0 fully saturated rings. The van der Waals surface area contributed by atoms with Gasteiger partial charge in [0.2, 0.25) is 5.91 Å². The zero-order valence-electron chi connectivity index (χ0n) is 14.2. The number of carbonyl (C=O) groups excluding carboxylic acids is 1. The largest absolute Gasteiger partial charge is 0.401 e. The third-order valence-electron chi connectivity index (χ3n) is 3.50. The first-order chi connectivity index (χ1) is 11.2. The fraction of sp³-hybridized carbons (Fsp3) is 0.588. The van der Waals surface area contributed by atoms with Gasteiger partial charge in [-0.15, -0.1) is 0 Å². The second kappa shape index (κ2) is 9.64. The molecule has 0 aliphatic carbocycles. The van der Waals surface area contributed by atoms with Crippen LogP contribution in [0, 0.1) is 5.92 Å². The van der Waals surface area contributed by atoms with Crippen molar-refractivity contribution in [1.82, 2.24) is 10.6 Å². The standard InChI is InChI=1S/C17H25F3N2O2/c1-4-24-10-14-8-6-5-7-13(14)9-21-16(23)15(12(2)3)22-11-17(18,19)20/h5-8,12,15,22H,4,9-11H2,1-3H3,(H,21,23)/t15-/m0/s1. The molecule has 0 radical (unpaired) electrons. The second-order valence-electron chi connectivity index (χ2n) is 5.84. The van der Waals surface area contributed by atoms with Crippen LogP contribution in [-0.2, 0) is 22.7 Å². The number of rotatable bonds is 9. The Balaban J connectivity index is 2.65. The summed E-state index contributed by atoms with van der Waals surface area (Å²) in [7, 11) is 0. The number of alkyl halides is 3. The lowest BCUT2D eigenvalue weighted by Gasteiger charge is -2.22. The molecule has 1 aromatic rings. The van der Waals surface area contributed by atoms with Gasteiger partial charge in [-0.05, 0) is 24.0 Å². The predicted octanol–water partition coefficient (Wildman–Crippen LogP) is 3.02. The minimum Gasteiger partial charge on any atom is -0.377 e. The number of halogens is 3. The van der Waals surface area contributed by atoms with Gasteiger partial charge in [0, 0.05) is 13.2 Å². The summed E-state index contributed by atoms with van der Waals surface area (Å²) in [5, 5.41) is 4.99. The number of hydrogen-bond acceptors (Lipinski definition) is 3. The van der Waals surface area contributed by atoms with Gasteiger partial charge in [-0.1, -0.05) is 38.1 Å². The second-order valence-corrected chi connectivity index (χ2v) is 5.84. The van der Waals surface area contributed by atoms with Gasteiger partial charge in [0.15, 0.2) is 0 Å². The summed E-state index contributed by atoms with van der Waals surface area (Å²) in [5.74, 6) is -0.702. The Morgan fingerprint density at radius 3 is 2.38 bits per heavy atom. The number of hydrogen-bond donors (Lipinski definition) is 2. The van der Waals surface area contributed by atoms with Gasteiger partial charge >= 0.3 is 6.18 Å². The maximum atomic E-state index is 12.4. The van der Waals surface area contributed by atoms with E-state index >= 15 is 0 Å². The van der Waals surface area contributed by atoms with Crippen LogP contribution < -0.4 is 10.6 Å². The number of benzene rings is 1. The highest BCUT2D eigenvalue weighted by Crippen LogP contribution is 2.14. The van der Waals surface area contributed by atoms with E-state index in [4.69, 9.17) is 4.74 Å². The van der Waals surface area contributed by atoms with Crippen molar-refractivity contribution >= 4 is 5.91 Å². The molecule has 0 spiro atoms. The minimum absolute atomic E-state index is 0.249. The molecule has 0 aliphatic heterocycles. The van der Waals surface area contributed by atoms with Crippen LogP contribution in [0.3, 0.4) is 0 Å². The fourth-order valence-corrected chi connectivity index (χ4v) is 2.23. The third-order valence-corrected chi connectivity index (χ3v) is 3.50. The summed E-state index contributed by atoms with van der Waals surface area (Å²) < 4.78 is 42.4. The molecule has 136 valence electrons. The lowest BCUT2D eigenvalue weighted by Crippen LogP contribution is -2.49. The first-order valence-corrected chi connectivity index (χ1v) is 7.97. The van der Waals surface area contributed by atoms with Crippen LogP contribution in [0.4, 0.5) is 13.2 Å². The molecule has 2 N–H and O–H groups in total. The normalized spacial score (nSPS) is 13.1. The zero-order valence-corrected chi connectivity index (χ0v) is 14.2. The topological polar surface area (TPSA) is 50.4 Å². The van der Waals surface area contributed by atoms with Gasteiger partial charge in [0.25, 0.3) is 0 Å². The highest BCUT2D eigenvalue weighted by molar-refractivity contribution is 5.82. The summed E-state index contributed by atoms with van der Waals surface area (Å²) >= 11 is 0. The van der Waals surface area contributed by atoms with Gasteiger partial charge in [0.05, 0.1) is 19.2 Å². The molecular weight excluding hydrogens is 321 g/mol. The molecule has 1 aromatic carbocycles.